The molecule has 2 aromatic rings. The molecule has 1 amide bonds. The van der Waals surface area contributed by atoms with Crippen LogP contribution in [0.3, 0.4) is 0 Å². The second-order valence-corrected chi connectivity index (χ2v) is 7.37. The Morgan fingerprint density at radius 2 is 2.08 bits per heavy atom. The van der Waals surface area contributed by atoms with Gasteiger partial charge in [-0.1, -0.05) is 31.0 Å². The molecule has 1 saturated carbocycles. The quantitative estimate of drug-likeness (QED) is 0.910. The lowest BCUT2D eigenvalue weighted by Gasteiger charge is -2.52. The molecular weight excluding hydrogens is 330 g/mol. The van der Waals surface area contributed by atoms with E-state index < -0.39 is 5.60 Å². The largest absolute Gasteiger partial charge is 0.496 e. The molecule has 0 unspecified atom stereocenters. The molecule has 5 heteroatoms. The SMILES string of the molecule is COc1ccccc1[C@H]1[C@@H]2CCCC[C@@]2(O)CCN1C(=O)c1ccco1. The van der Waals surface area contributed by atoms with Crippen LogP contribution < -0.4 is 4.74 Å². The number of piperidine rings is 1. The summed E-state index contributed by atoms with van der Waals surface area (Å²) in [5, 5.41) is 11.3. The average molecular weight is 355 g/mol. The fraction of sp³-hybridized carbons (Fsp3) is 0.476. The highest BCUT2D eigenvalue weighted by molar-refractivity contribution is 5.92. The highest BCUT2D eigenvalue weighted by Gasteiger charge is 2.51. The Bertz CT molecular complexity index is 772. The predicted octanol–water partition coefficient (Wildman–Crippen LogP) is 3.80. The lowest BCUT2D eigenvalue weighted by Crippen LogP contribution is -2.56. The summed E-state index contributed by atoms with van der Waals surface area (Å²) in [6.45, 7) is 0.509. The van der Waals surface area contributed by atoms with Crippen LogP contribution in [-0.2, 0) is 0 Å². The number of rotatable bonds is 3. The second-order valence-electron chi connectivity index (χ2n) is 7.37. The predicted molar refractivity (Wildman–Crippen MR) is 97.0 cm³/mol. The van der Waals surface area contributed by atoms with Crippen molar-refractivity contribution in [1.82, 2.24) is 4.90 Å². The number of aliphatic hydroxyl groups is 1. The molecule has 2 aliphatic rings. The van der Waals surface area contributed by atoms with Crippen molar-refractivity contribution in [1.29, 1.82) is 0 Å². The maximum atomic E-state index is 13.1. The molecule has 3 atom stereocenters. The van der Waals surface area contributed by atoms with E-state index in [1.807, 2.05) is 29.2 Å². The van der Waals surface area contributed by atoms with E-state index in [0.29, 0.717) is 18.7 Å². The number of hydrogen-bond donors (Lipinski definition) is 1. The van der Waals surface area contributed by atoms with E-state index in [9.17, 15) is 9.90 Å². The van der Waals surface area contributed by atoms with Gasteiger partial charge in [0.1, 0.15) is 5.75 Å². The minimum Gasteiger partial charge on any atom is -0.496 e. The van der Waals surface area contributed by atoms with Gasteiger partial charge in [0, 0.05) is 18.0 Å². The molecule has 1 saturated heterocycles. The van der Waals surface area contributed by atoms with Gasteiger partial charge in [-0.15, -0.1) is 0 Å². The topological polar surface area (TPSA) is 62.9 Å². The molecular formula is C21H25NO4. The Morgan fingerprint density at radius 1 is 1.23 bits per heavy atom. The number of nitrogens with zero attached hydrogens (tertiary/aromatic N) is 1. The molecule has 1 N–H and O–H groups in total. The zero-order chi connectivity index (χ0) is 18.1. The molecule has 0 bridgehead atoms. The van der Waals surface area contributed by atoms with Crippen LogP contribution in [0.5, 0.6) is 5.75 Å². The van der Waals surface area contributed by atoms with Crippen LogP contribution in [0.4, 0.5) is 0 Å². The lowest BCUT2D eigenvalue weighted by atomic mass is 9.66. The standard InChI is InChI=1S/C21H25NO4/c1-25-17-9-3-2-7-15(17)19-16-8-4-5-11-21(16,24)12-13-22(19)20(23)18-10-6-14-26-18/h2-3,6-7,9-10,14,16,19,24H,4-5,8,11-13H2,1H3/t16-,19-,21+/m0/s1. The first-order valence-corrected chi connectivity index (χ1v) is 9.34. The van der Waals surface area contributed by atoms with Crippen molar-refractivity contribution < 1.29 is 19.1 Å². The fourth-order valence-electron chi connectivity index (χ4n) is 4.75. The Kier molecular flexibility index (Phi) is 4.49. The maximum Gasteiger partial charge on any atom is 0.290 e. The van der Waals surface area contributed by atoms with E-state index in [1.54, 1.807) is 19.2 Å². The molecule has 26 heavy (non-hydrogen) atoms. The van der Waals surface area contributed by atoms with E-state index in [1.165, 1.54) is 6.26 Å². The smallest absolute Gasteiger partial charge is 0.290 e. The summed E-state index contributed by atoms with van der Waals surface area (Å²) >= 11 is 0. The third kappa shape index (κ3) is 2.80. The average Bonchev–Trinajstić information content (AvgIpc) is 3.21. The number of amides is 1. The lowest BCUT2D eigenvalue weighted by molar-refractivity contribution is -0.115. The van der Waals surface area contributed by atoms with Gasteiger partial charge in [-0.25, -0.2) is 0 Å². The first kappa shape index (κ1) is 17.2. The number of methoxy groups -OCH3 is 1. The van der Waals surface area contributed by atoms with Crippen LogP contribution in [0.2, 0.25) is 0 Å². The number of benzene rings is 1. The third-order valence-corrected chi connectivity index (χ3v) is 6.02. The fourth-order valence-corrected chi connectivity index (χ4v) is 4.75. The molecule has 2 fully saturated rings. The Labute approximate surface area is 153 Å². The molecule has 5 nitrogen and oxygen atoms in total. The third-order valence-electron chi connectivity index (χ3n) is 6.02. The zero-order valence-corrected chi connectivity index (χ0v) is 15.1. The number of furan rings is 1. The highest BCUT2D eigenvalue weighted by Crippen LogP contribution is 2.51. The summed E-state index contributed by atoms with van der Waals surface area (Å²) in [5.74, 6) is 0.967. The van der Waals surface area contributed by atoms with Crippen LogP contribution in [-0.4, -0.2) is 35.2 Å². The molecule has 1 aromatic heterocycles. The van der Waals surface area contributed by atoms with Crippen molar-refractivity contribution in [2.75, 3.05) is 13.7 Å². The van der Waals surface area contributed by atoms with Crippen LogP contribution in [0.1, 0.15) is 54.3 Å². The summed E-state index contributed by atoms with van der Waals surface area (Å²) in [5.41, 5.74) is 0.240. The summed E-state index contributed by atoms with van der Waals surface area (Å²) in [6, 6.07) is 11.0. The number of para-hydroxylation sites is 1. The summed E-state index contributed by atoms with van der Waals surface area (Å²) < 4.78 is 11.0. The first-order chi connectivity index (χ1) is 12.6. The van der Waals surface area contributed by atoms with Gasteiger partial charge >= 0.3 is 0 Å². The normalized spacial score (nSPS) is 28.5. The van der Waals surface area contributed by atoms with Gasteiger partial charge in [-0.3, -0.25) is 4.79 Å². The van der Waals surface area contributed by atoms with E-state index in [4.69, 9.17) is 9.15 Å². The van der Waals surface area contributed by atoms with Crippen molar-refractivity contribution in [2.45, 2.75) is 43.7 Å². The van der Waals surface area contributed by atoms with Gasteiger partial charge in [0.2, 0.25) is 0 Å². The zero-order valence-electron chi connectivity index (χ0n) is 15.1. The molecule has 2 heterocycles. The molecule has 0 spiro atoms. The maximum absolute atomic E-state index is 13.1. The van der Waals surface area contributed by atoms with Crippen molar-refractivity contribution in [3.8, 4) is 5.75 Å². The summed E-state index contributed by atoms with van der Waals surface area (Å²) in [4.78, 5) is 15.0. The number of ether oxygens (including phenoxy) is 1. The van der Waals surface area contributed by atoms with Gasteiger partial charge in [-0.05, 0) is 37.5 Å². The van der Waals surface area contributed by atoms with Gasteiger partial charge in [-0.2, -0.15) is 0 Å². The van der Waals surface area contributed by atoms with Crippen LogP contribution in [0, 0.1) is 5.92 Å². The molecule has 1 aromatic carbocycles. The first-order valence-electron chi connectivity index (χ1n) is 9.34. The molecule has 1 aliphatic heterocycles. The number of fused-ring (bicyclic) bond motifs is 1. The van der Waals surface area contributed by atoms with Gasteiger partial charge in [0.15, 0.2) is 5.76 Å². The summed E-state index contributed by atoms with van der Waals surface area (Å²) in [6.07, 6.45) is 5.94. The Morgan fingerprint density at radius 3 is 2.85 bits per heavy atom. The van der Waals surface area contributed by atoms with Crippen LogP contribution >= 0.6 is 0 Å². The van der Waals surface area contributed by atoms with Gasteiger partial charge < -0.3 is 19.2 Å². The van der Waals surface area contributed by atoms with E-state index in [0.717, 1.165) is 37.0 Å². The minimum absolute atomic E-state index is 0.000197. The van der Waals surface area contributed by atoms with Crippen molar-refractivity contribution >= 4 is 5.91 Å². The van der Waals surface area contributed by atoms with Gasteiger partial charge in [0.25, 0.3) is 5.91 Å². The van der Waals surface area contributed by atoms with E-state index >= 15 is 0 Å². The second kappa shape index (κ2) is 6.80. The Hall–Kier alpha value is -2.27. The Balaban J connectivity index is 1.79. The monoisotopic (exact) mass is 355 g/mol. The van der Waals surface area contributed by atoms with E-state index in [2.05, 4.69) is 0 Å². The number of hydrogen-bond acceptors (Lipinski definition) is 4. The minimum atomic E-state index is -0.719. The van der Waals surface area contributed by atoms with Crippen LogP contribution in [0.15, 0.2) is 47.1 Å². The van der Waals surface area contributed by atoms with Gasteiger partial charge in [0.05, 0.1) is 25.0 Å². The number of carbonyl (C=O) groups excluding carboxylic acids is 1. The highest BCUT2D eigenvalue weighted by atomic mass is 16.5. The van der Waals surface area contributed by atoms with Crippen molar-refractivity contribution in [3.05, 3.63) is 54.0 Å². The van der Waals surface area contributed by atoms with E-state index in [-0.39, 0.29) is 17.9 Å². The van der Waals surface area contributed by atoms with Crippen molar-refractivity contribution in [3.63, 3.8) is 0 Å². The summed E-state index contributed by atoms with van der Waals surface area (Å²) in [7, 11) is 1.65. The molecule has 0 radical (unpaired) electrons. The molecule has 138 valence electrons. The van der Waals surface area contributed by atoms with Crippen molar-refractivity contribution in [2.24, 2.45) is 5.92 Å². The molecule has 4 rings (SSSR count). The van der Waals surface area contributed by atoms with Crippen LogP contribution in [0.25, 0.3) is 0 Å². The number of carbonyl (C=O) groups is 1. The number of likely N-dealkylation sites (tertiary alicyclic amines) is 1. The molecule has 1 aliphatic carbocycles.